The van der Waals surface area contributed by atoms with Crippen LogP contribution in [0.15, 0.2) is 67.1 Å². The van der Waals surface area contributed by atoms with E-state index < -0.39 is 6.10 Å². The molecule has 8 heterocycles. The molecular formula is C49H54Cl2N12O5. The van der Waals surface area contributed by atoms with Crippen LogP contribution in [0.3, 0.4) is 0 Å². The van der Waals surface area contributed by atoms with E-state index in [-0.39, 0.29) is 42.0 Å². The van der Waals surface area contributed by atoms with Crippen molar-refractivity contribution in [3.05, 3.63) is 88.3 Å². The summed E-state index contributed by atoms with van der Waals surface area (Å²) in [6.45, 7) is 8.69. The maximum absolute atomic E-state index is 13.6. The topological polar surface area (TPSA) is 187 Å². The van der Waals surface area contributed by atoms with Gasteiger partial charge in [0.2, 0.25) is 24.1 Å². The molecule has 19 heteroatoms. The highest BCUT2D eigenvalue weighted by molar-refractivity contribution is 6.35. The van der Waals surface area contributed by atoms with Crippen LogP contribution in [-0.2, 0) is 26.2 Å². The van der Waals surface area contributed by atoms with Crippen LogP contribution in [0.5, 0.6) is 5.75 Å². The molecule has 4 aromatic heterocycles. The number of aromatic nitrogens is 6. The number of rotatable bonds is 14. The minimum Gasteiger partial charge on any atom is -0.486 e. The van der Waals surface area contributed by atoms with Gasteiger partial charge in [0.05, 0.1) is 27.6 Å². The van der Waals surface area contributed by atoms with Crippen molar-refractivity contribution >= 4 is 80.8 Å². The highest BCUT2D eigenvalue weighted by Crippen LogP contribution is 2.43. The Morgan fingerprint density at radius 1 is 0.912 bits per heavy atom. The second kappa shape index (κ2) is 19.0. The van der Waals surface area contributed by atoms with Crippen molar-refractivity contribution in [2.24, 2.45) is 18.4 Å². The number of halogens is 2. The summed E-state index contributed by atoms with van der Waals surface area (Å²) in [7, 11) is 1.87. The lowest BCUT2D eigenvalue weighted by molar-refractivity contribution is -0.152. The fraction of sp³-hybridized carbons (Fsp3) is 0.429. The van der Waals surface area contributed by atoms with Crippen LogP contribution >= 0.6 is 23.2 Å². The van der Waals surface area contributed by atoms with Crippen LogP contribution in [0.4, 0.5) is 11.6 Å². The standard InChI is InChI=1S/C49H54Cl2N12O5/c1-30(45-38(50)22-53-23-39(45)51)68-35-5-7-40-37(20-35)46(57-56-40)34-4-8-42(54-21-34)62-25-49(26-62)27-63(28-49)48(67)32-12-17-61(18-13-32)44(66)24-60-15-10-31(11-16-60)33-3-6-36-41(19-33)59(2)58-47(36)55-43(65)9-14-52-29-64/h3-8,19-23,29-32H,9-18,24-28H2,1-2H3,(H,52,64)(H,56,57)(H,55,58,65)/t30-/m1/s1. The van der Waals surface area contributed by atoms with Crippen LogP contribution in [0.1, 0.15) is 62.2 Å². The Hall–Kier alpha value is -6.30. The molecule has 4 amide bonds. The minimum absolute atomic E-state index is 0.0464. The van der Waals surface area contributed by atoms with Crippen molar-refractivity contribution in [2.75, 3.05) is 75.7 Å². The van der Waals surface area contributed by atoms with Crippen molar-refractivity contribution in [2.45, 2.75) is 51.0 Å². The Morgan fingerprint density at radius 3 is 2.40 bits per heavy atom. The van der Waals surface area contributed by atoms with Gasteiger partial charge in [-0.05, 0) is 99.6 Å². The van der Waals surface area contributed by atoms with Crippen LogP contribution in [-0.4, -0.2) is 134 Å². The van der Waals surface area contributed by atoms with Gasteiger partial charge in [0, 0.05) is 111 Å². The Balaban J connectivity index is 0.649. The molecule has 0 unspecified atom stereocenters. The molecule has 0 saturated carbocycles. The van der Waals surface area contributed by atoms with E-state index in [4.69, 9.17) is 32.9 Å². The second-order valence-corrected chi connectivity index (χ2v) is 19.7. The van der Waals surface area contributed by atoms with Gasteiger partial charge in [-0.15, -0.1) is 0 Å². The van der Waals surface area contributed by atoms with Gasteiger partial charge in [-0.3, -0.25) is 38.8 Å². The number of ether oxygens (including phenoxy) is 1. The molecule has 0 aliphatic carbocycles. The largest absolute Gasteiger partial charge is 0.486 e. The Morgan fingerprint density at radius 2 is 1.68 bits per heavy atom. The predicted octanol–water partition coefficient (Wildman–Crippen LogP) is 6.19. The second-order valence-electron chi connectivity index (χ2n) is 18.8. The lowest BCUT2D eigenvalue weighted by Crippen LogP contribution is -2.73. The summed E-state index contributed by atoms with van der Waals surface area (Å²) in [5.41, 5.74) is 5.49. The molecule has 2 aromatic carbocycles. The van der Waals surface area contributed by atoms with Crippen molar-refractivity contribution < 1.29 is 23.9 Å². The van der Waals surface area contributed by atoms with Crippen LogP contribution < -0.4 is 20.3 Å². The van der Waals surface area contributed by atoms with E-state index in [1.807, 2.05) is 66.4 Å². The Kier molecular flexibility index (Phi) is 12.7. The minimum atomic E-state index is -0.397. The number of aryl methyl sites for hydroxylation is 1. The normalized spacial score (nSPS) is 18.1. The molecule has 17 nitrogen and oxygen atoms in total. The first-order valence-corrected chi connectivity index (χ1v) is 24.1. The molecular weight excluding hydrogens is 908 g/mol. The lowest BCUT2D eigenvalue weighted by Gasteiger charge is -2.61. The summed E-state index contributed by atoms with van der Waals surface area (Å²) < 4.78 is 8.03. The van der Waals surface area contributed by atoms with Gasteiger partial charge in [-0.1, -0.05) is 29.3 Å². The average Bonchev–Trinajstić information content (AvgIpc) is 3.87. The molecule has 3 N–H and O–H groups in total. The fourth-order valence-electron chi connectivity index (χ4n) is 10.5. The van der Waals surface area contributed by atoms with Crippen molar-refractivity contribution in [3.8, 4) is 17.0 Å². The SMILES string of the molecule is C[C@@H](Oc1ccc2[nH]nc(-c3ccc(N4CC5(CN(C(=O)C6CCN(C(=O)CN7CCC(c8ccc9c(NC(=O)CCNC=O)nn(C)c9c8)CC7)CC6)C5)C4)nc3)c2c1)c1c(Cl)cncc1Cl. The number of carbonyl (C=O) groups is 4. The van der Waals surface area contributed by atoms with Gasteiger partial charge < -0.3 is 30.1 Å². The van der Waals surface area contributed by atoms with Gasteiger partial charge in [0.25, 0.3) is 0 Å². The summed E-state index contributed by atoms with van der Waals surface area (Å²) in [4.78, 5) is 67.2. The molecule has 4 saturated heterocycles. The molecule has 354 valence electrons. The van der Waals surface area contributed by atoms with Crippen molar-refractivity contribution in [3.63, 3.8) is 0 Å². The monoisotopic (exact) mass is 960 g/mol. The van der Waals surface area contributed by atoms with E-state index >= 15 is 0 Å². The van der Waals surface area contributed by atoms with E-state index in [9.17, 15) is 19.2 Å². The van der Waals surface area contributed by atoms with E-state index in [0.29, 0.717) is 72.0 Å². The number of likely N-dealkylation sites (tertiary alicyclic amines) is 3. The first-order valence-electron chi connectivity index (χ1n) is 23.3. The van der Waals surface area contributed by atoms with Gasteiger partial charge >= 0.3 is 0 Å². The quantitative estimate of drug-likeness (QED) is 0.0835. The number of hydrogen-bond donors (Lipinski definition) is 3. The van der Waals surface area contributed by atoms with Crippen molar-refractivity contribution in [1.29, 1.82) is 0 Å². The summed E-state index contributed by atoms with van der Waals surface area (Å²) >= 11 is 12.8. The smallest absolute Gasteiger partial charge is 0.236 e. The van der Waals surface area contributed by atoms with E-state index in [1.165, 1.54) is 5.56 Å². The highest BCUT2D eigenvalue weighted by atomic mass is 35.5. The zero-order chi connectivity index (χ0) is 47.1. The van der Waals surface area contributed by atoms with Gasteiger partial charge in [-0.25, -0.2) is 4.98 Å². The molecule has 10 rings (SSSR count). The number of anilines is 2. The number of benzene rings is 2. The molecule has 4 aliphatic rings. The molecule has 6 aromatic rings. The molecule has 68 heavy (non-hydrogen) atoms. The summed E-state index contributed by atoms with van der Waals surface area (Å²) in [6, 6.07) is 16.1. The number of H-pyrrole nitrogens is 1. The number of carbonyl (C=O) groups excluding carboxylic acids is 4. The number of nitrogens with one attached hydrogen (secondary N) is 3. The third-order valence-corrected chi connectivity index (χ3v) is 14.8. The number of aromatic amines is 1. The van der Waals surface area contributed by atoms with Crippen LogP contribution in [0, 0.1) is 11.3 Å². The van der Waals surface area contributed by atoms with E-state index in [1.54, 1.807) is 17.1 Å². The zero-order valence-electron chi connectivity index (χ0n) is 38.1. The van der Waals surface area contributed by atoms with Gasteiger partial charge in [-0.2, -0.15) is 10.2 Å². The molecule has 4 fully saturated rings. The Bertz CT molecular complexity index is 2840. The highest BCUT2D eigenvalue weighted by Gasteiger charge is 2.54. The number of nitrogens with zero attached hydrogens (tertiary/aromatic N) is 9. The van der Waals surface area contributed by atoms with E-state index in [0.717, 1.165) is 91.0 Å². The average molecular weight is 962 g/mol. The predicted molar refractivity (Wildman–Crippen MR) is 260 cm³/mol. The molecule has 4 aliphatic heterocycles. The van der Waals surface area contributed by atoms with Gasteiger partial charge in [0.15, 0.2) is 5.82 Å². The summed E-state index contributed by atoms with van der Waals surface area (Å²) in [5.74, 6) is 2.54. The molecule has 0 bridgehead atoms. The van der Waals surface area contributed by atoms with Gasteiger partial charge in [0.1, 0.15) is 23.4 Å². The van der Waals surface area contributed by atoms with Crippen LogP contribution in [0.2, 0.25) is 10.0 Å². The number of piperidine rings is 2. The maximum Gasteiger partial charge on any atom is 0.236 e. The van der Waals surface area contributed by atoms with Crippen molar-refractivity contribution in [1.82, 2.24) is 50.0 Å². The number of fused-ring (bicyclic) bond motifs is 2. The number of pyridine rings is 2. The van der Waals surface area contributed by atoms with E-state index in [2.05, 4.69) is 52.8 Å². The maximum atomic E-state index is 13.6. The summed E-state index contributed by atoms with van der Waals surface area (Å²) in [5, 5.41) is 20.3. The third-order valence-electron chi connectivity index (χ3n) is 14.2. The summed E-state index contributed by atoms with van der Waals surface area (Å²) in [6.07, 6.45) is 8.61. The Labute approximate surface area is 403 Å². The molecule has 0 radical (unpaired) electrons. The fourth-order valence-corrected chi connectivity index (χ4v) is 11.2. The number of amides is 4. The first-order chi connectivity index (χ1) is 32.9. The lowest BCUT2D eigenvalue weighted by atomic mass is 9.72. The zero-order valence-corrected chi connectivity index (χ0v) is 39.6. The number of hydrogen-bond acceptors (Lipinski definition) is 11. The van der Waals surface area contributed by atoms with Crippen LogP contribution in [0.25, 0.3) is 33.1 Å². The molecule has 1 spiro atoms. The first kappa shape index (κ1) is 45.5. The molecule has 1 atom stereocenters. The third kappa shape index (κ3) is 9.18.